The molecule has 3 atom stereocenters. The van der Waals surface area contributed by atoms with Crippen molar-refractivity contribution in [2.75, 3.05) is 13.1 Å². The molecule has 22 heavy (non-hydrogen) atoms. The Morgan fingerprint density at radius 3 is 2.41 bits per heavy atom. The smallest absolute Gasteiger partial charge is 0.0969 e. The van der Waals surface area contributed by atoms with Crippen molar-refractivity contribution in [2.45, 2.75) is 37.5 Å². The minimum absolute atomic E-state index is 0.497. The number of hydrogen-bond acceptors (Lipinski definition) is 2. The van der Waals surface area contributed by atoms with E-state index in [1.54, 1.807) is 0 Å². The van der Waals surface area contributed by atoms with E-state index in [0.717, 1.165) is 19.5 Å². The summed E-state index contributed by atoms with van der Waals surface area (Å²) in [6.07, 6.45) is 4.55. The van der Waals surface area contributed by atoms with Crippen molar-refractivity contribution >= 4 is 0 Å². The number of rotatable bonds is 5. The molecule has 0 spiro atoms. The highest BCUT2D eigenvalue weighted by Crippen LogP contribution is 2.36. The zero-order valence-corrected chi connectivity index (χ0v) is 12.9. The summed E-state index contributed by atoms with van der Waals surface area (Å²) in [5.74, 6) is 0. The van der Waals surface area contributed by atoms with Crippen LogP contribution in [0.3, 0.4) is 0 Å². The van der Waals surface area contributed by atoms with E-state index in [1.165, 1.54) is 24.0 Å². The molecule has 2 fully saturated rings. The second kappa shape index (κ2) is 6.23. The van der Waals surface area contributed by atoms with Gasteiger partial charge in [0.05, 0.1) is 12.2 Å². The summed E-state index contributed by atoms with van der Waals surface area (Å²) in [5.41, 5.74) is 2.87. The van der Waals surface area contributed by atoms with Crippen molar-refractivity contribution in [3.8, 4) is 0 Å². The van der Waals surface area contributed by atoms with Crippen molar-refractivity contribution in [2.24, 2.45) is 0 Å². The number of ether oxygens (including phenoxy) is 1. The van der Waals surface area contributed by atoms with Crippen LogP contribution in [0, 0.1) is 0 Å². The number of benzene rings is 2. The third-order valence-electron chi connectivity index (χ3n) is 4.98. The van der Waals surface area contributed by atoms with Gasteiger partial charge in [-0.25, -0.2) is 0 Å². The maximum Gasteiger partial charge on any atom is 0.0969 e. The molecule has 0 amide bonds. The highest BCUT2D eigenvalue weighted by Gasteiger charge is 2.44. The van der Waals surface area contributed by atoms with Crippen molar-refractivity contribution in [1.29, 1.82) is 0 Å². The topological polar surface area (TPSA) is 15.8 Å². The summed E-state index contributed by atoms with van der Waals surface area (Å²) in [5, 5.41) is 0. The van der Waals surface area contributed by atoms with Gasteiger partial charge in [0.2, 0.25) is 0 Å². The third kappa shape index (κ3) is 3.08. The minimum Gasteiger partial charge on any atom is -0.368 e. The lowest BCUT2D eigenvalue weighted by atomic mass is 9.95. The molecule has 0 N–H and O–H groups in total. The van der Waals surface area contributed by atoms with E-state index in [1.807, 2.05) is 0 Å². The predicted molar refractivity (Wildman–Crippen MR) is 88.8 cm³/mol. The predicted octanol–water partition coefficient (Wildman–Crippen LogP) is 3.83. The molecule has 2 aliphatic heterocycles. The Kier molecular flexibility index (Phi) is 3.96. The van der Waals surface area contributed by atoms with Gasteiger partial charge in [-0.3, -0.25) is 4.90 Å². The quantitative estimate of drug-likeness (QED) is 0.779. The van der Waals surface area contributed by atoms with E-state index < -0.39 is 0 Å². The van der Waals surface area contributed by atoms with Crippen LogP contribution in [0.25, 0.3) is 0 Å². The van der Waals surface area contributed by atoms with Gasteiger partial charge in [-0.15, -0.1) is 0 Å². The molecule has 3 unspecified atom stereocenters. The largest absolute Gasteiger partial charge is 0.368 e. The first-order valence-electron chi connectivity index (χ1n) is 8.38. The Bertz CT molecular complexity index is 598. The van der Waals surface area contributed by atoms with Crippen molar-refractivity contribution < 1.29 is 4.74 Å². The van der Waals surface area contributed by atoms with Crippen LogP contribution in [-0.2, 0) is 11.2 Å². The first-order chi connectivity index (χ1) is 10.9. The summed E-state index contributed by atoms with van der Waals surface area (Å²) in [6, 6.07) is 22.3. The molecule has 2 aromatic rings. The van der Waals surface area contributed by atoms with Gasteiger partial charge in [-0.05, 0) is 30.4 Å². The first-order valence-corrected chi connectivity index (χ1v) is 8.38. The van der Waals surface area contributed by atoms with Crippen LogP contribution in [0.5, 0.6) is 0 Å². The Morgan fingerprint density at radius 1 is 0.955 bits per heavy atom. The SMILES string of the molecule is c1ccc(CCC(c2ccccc2)N2CCC3OC3C2)cc1. The third-order valence-corrected chi connectivity index (χ3v) is 4.98. The zero-order chi connectivity index (χ0) is 14.8. The number of likely N-dealkylation sites (tertiary alicyclic amines) is 1. The van der Waals surface area contributed by atoms with Crippen LogP contribution >= 0.6 is 0 Å². The summed E-state index contributed by atoms with van der Waals surface area (Å²) in [7, 11) is 0. The fourth-order valence-electron chi connectivity index (χ4n) is 3.68. The lowest BCUT2D eigenvalue weighted by Crippen LogP contribution is -2.37. The number of fused-ring (bicyclic) bond motifs is 1. The molecule has 4 rings (SSSR count). The van der Waals surface area contributed by atoms with Gasteiger partial charge in [0, 0.05) is 19.1 Å². The average Bonchev–Trinajstić information content (AvgIpc) is 3.36. The van der Waals surface area contributed by atoms with Gasteiger partial charge in [0.1, 0.15) is 0 Å². The molecule has 0 saturated carbocycles. The summed E-state index contributed by atoms with van der Waals surface area (Å²) in [4.78, 5) is 2.63. The summed E-state index contributed by atoms with van der Waals surface area (Å²) in [6.45, 7) is 2.26. The van der Waals surface area contributed by atoms with E-state index in [2.05, 4.69) is 65.6 Å². The number of hydrogen-bond donors (Lipinski definition) is 0. The molecule has 2 saturated heterocycles. The number of piperidine rings is 1. The van der Waals surface area contributed by atoms with Crippen LogP contribution in [0.15, 0.2) is 60.7 Å². The van der Waals surface area contributed by atoms with E-state index in [0.29, 0.717) is 18.2 Å². The highest BCUT2D eigenvalue weighted by molar-refractivity contribution is 5.21. The van der Waals surface area contributed by atoms with E-state index >= 15 is 0 Å². The summed E-state index contributed by atoms with van der Waals surface area (Å²) < 4.78 is 5.72. The minimum atomic E-state index is 0.497. The number of aryl methyl sites for hydroxylation is 1. The van der Waals surface area contributed by atoms with Gasteiger partial charge in [0.25, 0.3) is 0 Å². The van der Waals surface area contributed by atoms with Gasteiger partial charge < -0.3 is 4.74 Å². The molecule has 114 valence electrons. The zero-order valence-electron chi connectivity index (χ0n) is 12.9. The molecule has 0 radical (unpaired) electrons. The Hall–Kier alpha value is -1.64. The molecule has 0 aromatic heterocycles. The van der Waals surface area contributed by atoms with Gasteiger partial charge >= 0.3 is 0 Å². The highest BCUT2D eigenvalue weighted by atomic mass is 16.6. The second-order valence-electron chi connectivity index (χ2n) is 6.45. The molecule has 2 aromatic carbocycles. The fourth-order valence-corrected chi connectivity index (χ4v) is 3.68. The van der Waals surface area contributed by atoms with Crippen LogP contribution in [-0.4, -0.2) is 30.2 Å². The maximum absolute atomic E-state index is 5.72. The van der Waals surface area contributed by atoms with Crippen LogP contribution in [0.2, 0.25) is 0 Å². The lowest BCUT2D eigenvalue weighted by Gasteiger charge is -2.33. The number of nitrogens with zero attached hydrogens (tertiary/aromatic N) is 1. The fraction of sp³-hybridized carbons (Fsp3) is 0.400. The molecule has 2 nitrogen and oxygen atoms in total. The second-order valence-corrected chi connectivity index (χ2v) is 6.45. The van der Waals surface area contributed by atoms with Crippen LogP contribution < -0.4 is 0 Å². The number of epoxide rings is 1. The monoisotopic (exact) mass is 293 g/mol. The molecule has 2 aliphatic rings. The summed E-state index contributed by atoms with van der Waals surface area (Å²) >= 11 is 0. The molecule has 2 heterocycles. The van der Waals surface area contributed by atoms with Crippen molar-refractivity contribution in [3.05, 3.63) is 71.8 Å². The Labute approximate surface area is 132 Å². The van der Waals surface area contributed by atoms with E-state index in [9.17, 15) is 0 Å². The standard InChI is InChI=1S/C20H23NO/c1-3-7-16(8-4-1)11-12-18(17-9-5-2-6-10-17)21-14-13-19-20(15-21)22-19/h1-10,18-20H,11-15H2. The van der Waals surface area contributed by atoms with E-state index in [-0.39, 0.29) is 0 Å². The first kappa shape index (κ1) is 14.0. The molecule has 0 aliphatic carbocycles. The molecule has 2 heteroatoms. The maximum atomic E-state index is 5.72. The van der Waals surface area contributed by atoms with Gasteiger partial charge in [-0.1, -0.05) is 60.7 Å². The van der Waals surface area contributed by atoms with Crippen molar-refractivity contribution in [1.82, 2.24) is 4.90 Å². The van der Waals surface area contributed by atoms with Crippen LogP contribution in [0.4, 0.5) is 0 Å². The Balaban J connectivity index is 1.50. The lowest BCUT2D eigenvalue weighted by molar-refractivity contribution is 0.168. The van der Waals surface area contributed by atoms with E-state index in [4.69, 9.17) is 4.74 Å². The van der Waals surface area contributed by atoms with Crippen LogP contribution in [0.1, 0.15) is 30.0 Å². The van der Waals surface area contributed by atoms with Gasteiger partial charge in [-0.2, -0.15) is 0 Å². The van der Waals surface area contributed by atoms with Gasteiger partial charge in [0.15, 0.2) is 0 Å². The molecular weight excluding hydrogens is 270 g/mol. The normalized spacial score (nSPS) is 25.5. The Morgan fingerprint density at radius 2 is 1.68 bits per heavy atom. The average molecular weight is 293 g/mol. The van der Waals surface area contributed by atoms with Crippen molar-refractivity contribution in [3.63, 3.8) is 0 Å². The molecule has 0 bridgehead atoms. The molecular formula is C20H23NO.